The van der Waals surface area contributed by atoms with Crippen LogP contribution < -0.4 is 15.2 Å². The lowest BCUT2D eigenvalue weighted by Gasteiger charge is -2.37. The Labute approximate surface area is 348 Å². The second kappa shape index (κ2) is 16.3. The lowest BCUT2D eigenvalue weighted by atomic mass is 9.71. The summed E-state index contributed by atoms with van der Waals surface area (Å²) in [5, 5.41) is 5.47. The first kappa shape index (κ1) is 41.5. The van der Waals surface area contributed by atoms with Gasteiger partial charge in [-0.15, -0.1) is 0 Å². The van der Waals surface area contributed by atoms with E-state index in [0.29, 0.717) is 38.2 Å². The van der Waals surface area contributed by atoms with Crippen LogP contribution in [-0.2, 0) is 19.1 Å². The number of ether oxygens (including phenoxy) is 2. The number of aromatic nitrogens is 4. The average Bonchev–Trinajstić information content (AvgIpc) is 4.08. The first-order chi connectivity index (χ1) is 28.7. The number of halogens is 2. The molecule has 6 aliphatic rings. The van der Waals surface area contributed by atoms with Crippen LogP contribution in [0.1, 0.15) is 133 Å². The minimum absolute atomic E-state index is 0.0793. The van der Waals surface area contributed by atoms with Crippen molar-refractivity contribution in [2.24, 2.45) is 11.3 Å². The van der Waals surface area contributed by atoms with E-state index in [4.69, 9.17) is 14.5 Å². The highest BCUT2D eigenvalue weighted by atomic mass is 19.3. The molecule has 0 radical (unpaired) electrons. The normalized spacial score (nSPS) is 26.3. The van der Waals surface area contributed by atoms with Gasteiger partial charge in [0.25, 0.3) is 5.82 Å². The number of nitrogens with zero attached hydrogens (tertiary/aromatic N) is 4. The Bertz CT molecular complexity index is 2160. The van der Waals surface area contributed by atoms with Gasteiger partial charge >= 0.3 is 12.2 Å². The number of amides is 4. The number of rotatable bonds is 8. The van der Waals surface area contributed by atoms with Crippen LogP contribution >= 0.6 is 0 Å². The van der Waals surface area contributed by atoms with Crippen LogP contribution in [0.15, 0.2) is 47.8 Å². The summed E-state index contributed by atoms with van der Waals surface area (Å²) in [5.41, 5.74) is 6.26. The molecule has 3 fully saturated rings. The van der Waals surface area contributed by atoms with E-state index in [-0.39, 0.29) is 42.7 Å². The van der Waals surface area contributed by atoms with Crippen molar-refractivity contribution in [3.63, 3.8) is 0 Å². The molecular weight excluding hydrogens is 775 g/mol. The largest absolute Gasteiger partial charge is 0.453 e. The number of fused-ring (bicyclic) bond motifs is 3. The Hall–Kier alpha value is -5.28. The third-order valence-corrected chi connectivity index (χ3v) is 13.8. The highest BCUT2D eigenvalue weighted by Gasteiger charge is 2.53. The molecule has 0 bridgehead atoms. The summed E-state index contributed by atoms with van der Waals surface area (Å²) in [6.45, 7) is 6.64. The molecule has 2 aromatic heterocycles. The van der Waals surface area contributed by atoms with Crippen LogP contribution in [-0.4, -0.2) is 94.1 Å². The second-order valence-corrected chi connectivity index (χ2v) is 17.9. The number of nitrogens with one attached hydrogen (secondary N) is 4. The van der Waals surface area contributed by atoms with Gasteiger partial charge in [0, 0.05) is 31.5 Å². The maximum Gasteiger partial charge on any atom is 0.407 e. The number of carbonyl (C=O) groups is 4. The number of aromatic amines is 2. The summed E-state index contributed by atoms with van der Waals surface area (Å²) in [4.78, 5) is 67.7. The van der Waals surface area contributed by atoms with Crippen LogP contribution in [0.5, 0.6) is 0 Å². The summed E-state index contributed by atoms with van der Waals surface area (Å²) < 4.78 is 40.4. The van der Waals surface area contributed by atoms with E-state index in [1.807, 2.05) is 25.7 Å². The first-order valence-corrected chi connectivity index (χ1v) is 21.4. The van der Waals surface area contributed by atoms with Gasteiger partial charge in [-0.3, -0.25) is 9.59 Å². The summed E-state index contributed by atoms with van der Waals surface area (Å²) in [5.74, 6) is -1.69. The van der Waals surface area contributed by atoms with Crippen molar-refractivity contribution in [1.82, 2.24) is 35.4 Å². The van der Waals surface area contributed by atoms with E-state index >= 15 is 0 Å². The SMILES string of the molecule is COC(=O)NC(C(=O)N1CC2(CCC(F)(F)CC2)CC1c1ncc(C2=CC=C(C3=CC=C(c4c[n+]5c([nH]4)C4CCCN4C(=O)C(NC(=O)OC)C5C)CC3)CC2)[nH]1)C(C)C. The molecule has 14 nitrogen and oxygen atoms in total. The number of allylic oxidation sites excluding steroid dienone is 8. The van der Waals surface area contributed by atoms with Crippen LogP contribution in [0.2, 0.25) is 0 Å². The standard InChI is InChI=1S/C44H56F2N8O6/c1-25(2)35(50-41(57)59-4)39(55)54-24-43(16-18-44(45,46)19-17-43)21-34(54)37-47-22-31(48-37)29-12-8-27(9-13-29)28-10-14-30(15-11-28)32-23-53-26(3)36(51-42(58)60-5)40(56)52-20-6-7-33(52)38(53)49-32/h8,10,12,14,22-23,25-26,33-36H,6-7,9,11,13,15-21,24H2,1-5H3,(H3,47,48,50,51,57,58)/p+1. The predicted octanol–water partition coefficient (Wildman–Crippen LogP) is 6.75. The number of imidazole rings is 2. The summed E-state index contributed by atoms with van der Waals surface area (Å²) in [7, 11) is 2.55. The number of H-pyrrole nitrogens is 2. The zero-order valence-corrected chi connectivity index (χ0v) is 35.1. The van der Waals surface area contributed by atoms with Gasteiger partial charge < -0.3 is 34.9 Å². The van der Waals surface area contributed by atoms with Crippen molar-refractivity contribution in [1.29, 1.82) is 0 Å². The molecule has 5 unspecified atom stereocenters. The Morgan fingerprint density at radius 3 is 2.15 bits per heavy atom. The Morgan fingerprint density at radius 2 is 1.53 bits per heavy atom. The van der Waals surface area contributed by atoms with Crippen molar-refractivity contribution < 1.29 is 42.0 Å². The molecule has 4 amide bonds. The minimum atomic E-state index is -2.70. The van der Waals surface area contributed by atoms with Crippen LogP contribution in [0, 0.1) is 11.3 Å². The molecule has 0 aromatic carbocycles. The molecule has 60 heavy (non-hydrogen) atoms. The summed E-state index contributed by atoms with van der Waals surface area (Å²) in [6, 6.07) is -2.42. The third kappa shape index (κ3) is 7.89. The smallest absolute Gasteiger partial charge is 0.407 e. The summed E-state index contributed by atoms with van der Waals surface area (Å²) in [6.07, 6.45) is 17.1. The van der Waals surface area contributed by atoms with Gasteiger partial charge in [-0.05, 0) is 92.8 Å². The number of carbonyl (C=O) groups excluding carboxylic acids is 4. The van der Waals surface area contributed by atoms with Gasteiger partial charge in [-0.2, -0.15) is 0 Å². The van der Waals surface area contributed by atoms with Gasteiger partial charge in [0.1, 0.15) is 30.1 Å². The van der Waals surface area contributed by atoms with E-state index in [1.165, 1.54) is 30.9 Å². The molecule has 3 aliphatic carbocycles. The maximum atomic E-state index is 14.3. The molecule has 16 heteroatoms. The number of hydrogen-bond donors (Lipinski definition) is 4. The summed E-state index contributed by atoms with van der Waals surface area (Å²) >= 11 is 0. The molecule has 322 valence electrons. The monoisotopic (exact) mass is 831 g/mol. The molecule has 1 spiro atoms. The quantitative estimate of drug-likeness (QED) is 0.214. The fourth-order valence-electron chi connectivity index (χ4n) is 10.3. The third-order valence-electron chi connectivity index (χ3n) is 13.8. The topological polar surface area (TPSA) is 166 Å². The van der Waals surface area contributed by atoms with E-state index in [9.17, 15) is 28.0 Å². The highest BCUT2D eigenvalue weighted by Crippen LogP contribution is 2.54. The molecule has 4 N–H and O–H groups in total. The van der Waals surface area contributed by atoms with Crippen molar-refractivity contribution in [2.45, 2.75) is 128 Å². The van der Waals surface area contributed by atoms with Gasteiger partial charge in [0.05, 0.1) is 32.2 Å². The fraction of sp³-hybridized carbons (Fsp3) is 0.591. The number of likely N-dealkylation sites (tertiary alicyclic amines) is 1. The Morgan fingerprint density at radius 1 is 0.900 bits per heavy atom. The van der Waals surface area contributed by atoms with E-state index in [0.717, 1.165) is 61.3 Å². The zero-order chi connectivity index (χ0) is 42.5. The van der Waals surface area contributed by atoms with Crippen molar-refractivity contribution in [3.8, 4) is 0 Å². The lowest BCUT2D eigenvalue weighted by molar-refractivity contribution is -0.726. The van der Waals surface area contributed by atoms with E-state index < -0.39 is 41.6 Å². The lowest BCUT2D eigenvalue weighted by Crippen LogP contribution is -2.55. The molecular formula is C44H57F2N8O6+. The number of alkyl halides is 2. The van der Waals surface area contributed by atoms with Crippen LogP contribution in [0.25, 0.3) is 11.1 Å². The maximum absolute atomic E-state index is 14.3. The predicted molar refractivity (Wildman–Crippen MR) is 217 cm³/mol. The molecule has 5 heterocycles. The fourth-order valence-corrected chi connectivity index (χ4v) is 10.3. The Kier molecular flexibility index (Phi) is 11.3. The molecule has 2 aromatic rings. The number of alkyl carbamates (subject to hydrolysis) is 2. The Balaban J connectivity index is 0.993. The number of hydrogen-bond acceptors (Lipinski definition) is 7. The molecule has 3 aliphatic heterocycles. The minimum Gasteiger partial charge on any atom is -0.453 e. The van der Waals surface area contributed by atoms with Crippen LogP contribution in [0.3, 0.4) is 0 Å². The van der Waals surface area contributed by atoms with Gasteiger partial charge in [-0.1, -0.05) is 38.2 Å². The average molecular weight is 832 g/mol. The van der Waals surface area contributed by atoms with Crippen LogP contribution in [0.4, 0.5) is 18.4 Å². The highest BCUT2D eigenvalue weighted by molar-refractivity contribution is 5.87. The second-order valence-electron chi connectivity index (χ2n) is 17.9. The van der Waals surface area contributed by atoms with Gasteiger partial charge in [0.2, 0.25) is 17.7 Å². The molecule has 5 atom stereocenters. The number of methoxy groups -OCH3 is 2. The van der Waals surface area contributed by atoms with E-state index in [2.05, 4.69) is 55.7 Å². The van der Waals surface area contributed by atoms with Gasteiger partial charge in [-0.25, -0.2) is 32.9 Å². The zero-order valence-electron chi connectivity index (χ0n) is 35.1. The van der Waals surface area contributed by atoms with Crippen molar-refractivity contribution in [2.75, 3.05) is 27.3 Å². The molecule has 1 saturated carbocycles. The molecule has 2 saturated heterocycles. The first-order valence-electron chi connectivity index (χ1n) is 21.4. The van der Waals surface area contributed by atoms with Gasteiger partial charge in [0.15, 0.2) is 11.7 Å². The van der Waals surface area contributed by atoms with E-state index in [1.54, 1.807) is 11.1 Å². The molecule has 8 rings (SSSR count). The van der Waals surface area contributed by atoms with Crippen molar-refractivity contribution in [3.05, 3.63) is 70.9 Å². The van der Waals surface area contributed by atoms with Crippen molar-refractivity contribution >= 4 is 35.1 Å².